The zero-order valence-electron chi connectivity index (χ0n) is 25.2. The topological polar surface area (TPSA) is 55.4 Å². The highest BCUT2D eigenvalue weighted by molar-refractivity contribution is 6.23. The highest BCUT2D eigenvalue weighted by atomic mass is 16.5. The molecule has 4 nitrogen and oxygen atoms in total. The lowest BCUT2D eigenvalue weighted by Crippen LogP contribution is -2.12. The summed E-state index contributed by atoms with van der Waals surface area (Å²) in [6, 6.07) is 31.4. The van der Waals surface area contributed by atoms with Crippen LogP contribution in [0.15, 0.2) is 133 Å². The van der Waals surface area contributed by atoms with Crippen molar-refractivity contribution in [1.29, 1.82) is 0 Å². The third-order valence-electron chi connectivity index (χ3n) is 7.00. The van der Waals surface area contributed by atoms with E-state index in [1.807, 2.05) is 66.7 Å². The Morgan fingerprint density at radius 3 is 1.74 bits per heavy atom. The van der Waals surface area contributed by atoms with E-state index in [4.69, 9.17) is 4.74 Å². The van der Waals surface area contributed by atoms with Crippen molar-refractivity contribution in [3.63, 3.8) is 0 Å². The van der Waals surface area contributed by atoms with E-state index in [1.54, 1.807) is 38.3 Å². The molecular weight excluding hydrogens is 530 g/mol. The van der Waals surface area contributed by atoms with E-state index in [-0.39, 0.29) is 0 Å². The first-order chi connectivity index (χ1) is 21.0. The van der Waals surface area contributed by atoms with Gasteiger partial charge in [0.1, 0.15) is 5.76 Å². The molecule has 0 heterocycles. The van der Waals surface area contributed by atoms with Gasteiger partial charge in [-0.15, -0.1) is 0 Å². The number of esters is 1. The van der Waals surface area contributed by atoms with E-state index >= 15 is 0 Å². The maximum Gasteiger partial charge on any atom is 0.343 e. The number of ether oxygens (including phenoxy) is 1. The van der Waals surface area contributed by atoms with E-state index in [1.165, 1.54) is 6.42 Å². The van der Waals surface area contributed by atoms with Gasteiger partial charge in [0.25, 0.3) is 0 Å². The van der Waals surface area contributed by atoms with Gasteiger partial charge in [0.2, 0.25) is 0 Å². The molecule has 0 aliphatic rings. The lowest BCUT2D eigenvalue weighted by molar-refractivity contribution is 0.0623. The fraction of sp³-hybridized carbons (Fsp3) is 0.128. The normalized spacial score (nSPS) is 11.4. The lowest BCUT2D eigenvalue weighted by atomic mass is 9.84. The first-order valence-electron chi connectivity index (χ1n) is 14.5. The van der Waals surface area contributed by atoms with Crippen LogP contribution in [0.2, 0.25) is 0 Å². The molecular formula is C39H37NO3. The van der Waals surface area contributed by atoms with Gasteiger partial charge in [0.15, 0.2) is 6.29 Å². The second-order valence-corrected chi connectivity index (χ2v) is 10.0. The van der Waals surface area contributed by atoms with Crippen LogP contribution in [0, 0.1) is 0 Å². The van der Waals surface area contributed by atoms with Gasteiger partial charge in [0.05, 0.1) is 11.3 Å². The summed E-state index contributed by atoms with van der Waals surface area (Å²) in [4.78, 5) is 25.6. The SMILES string of the molecule is C=C/C=C\C(NC)=C(/C)OC(=O)c1ccccc1-c1c2ccccc2c(-c2ccccc2C=O)c2ccccc12.CCC. The molecule has 0 atom stereocenters. The predicted octanol–water partition coefficient (Wildman–Crippen LogP) is 9.91. The van der Waals surface area contributed by atoms with Gasteiger partial charge < -0.3 is 10.1 Å². The molecule has 43 heavy (non-hydrogen) atoms. The molecule has 5 aromatic rings. The molecule has 0 aliphatic heterocycles. The smallest absolute Gasteiger partial charge is 0.343 e. The summed E-state index contributed by atoms with van der Waals surface area (Å²) < 4.78 is 5.85. The van der Waals surface area contributed by atoms with Gasteiger partial charge in [0, 0.05) is 12.6 Å². The molecule has 5 rings (SSSR count). The number of hydrogen-bond donors (Lipinski definition) is 1. The Hall–Kier alpha value is -5.22. The molecule has 5 aromatic carbocycles. The minimum absolute atomic E-state index is 0.448. The Kier molecular flexibility index (Phi) is 10.4. The van der Waals surface area contributed by atoms with Crippen molar-refractivity contribution < 1.29 is 14.3 Å². The van der Waals surface area contributed by atoms with Crippen molar-refractivity contribution in [2.45, 2.75) is 27.2 Å². The largest absolute Gasteiger partial charge is 0.426 e. The lowest BCUT2D eigenvalue weighted by Gasteiger charge is -2.20. The summed E-state index contributed by atoms with van der Waals surface area (Å²) in [6.07, 6.45) is 7.39. The number of aldehydes is 1. The second kappa shape index (κ2) is 14.6. The number of benzene rings is 5. The monoisotopic (exact) mass is 567 g/mol. The third-order valence-corrected chi connectivity index (χ3v) is 7.00. The fourth-order valence-corrected chi connectivity index (χ4v) is 5.21. The van der Waals surface area contributed by atoms with Crippen LogP contribution in [0.1, 0.15) is 47.9 Å². The molecule has 216 valence electrons. The predicted molar refractivity (Wildman–Crippen MR) is 180 cm³/mol. The van der Waals surface area contributed by atoms with Gasteiger partial charge in [-0.1, -0.05) is 130 Å². The highest BCUT2D eigenvalue weighted by Crippen LogP contribution is 2.45. The van der Waals surface area contributed by atoms with E-state index in [0.29, 0.717) is 22.6 Å². The minimum atomic E-state index is -0.448. The summed E-state index contributed by atoms with van der Waals surface area (Å²) in [5.41, 5.74) is 5.34. The molecule has 0 radical (unpaired) electrons. The molecule has 0 spiro atoms. The van der Waals surface area contributed by atoms with Crippen molar-refractivity contribution in [1.82, 2.24) is 5.32 Å². The second-order valence-electron chi connectivity index (χ2n) is 10.0. The molecule has 4 heteroatoms. The third kappa shape index (κ3) is 6.49. The number of carbonyl (C=O) groups excluding carboxylic acids is 2. The standard InChI is InChI=1S/C36H29NO3.C3H8/c1-4-5-22-33(37-3)24(2)40-36(39)32-21-13-12-20-31(32)35-29-18-10-8-16-27(29)34(28-17-9-11-19-30(28)35)26-15-7-6-14-25(26)23-38;1-3-2/h4-23,37H,1H2,2-3H3;3H2,1-2H3/b22-5-,33-24-;. The van der Waals surface area contributed by atoms with Gasteiger partial charge in [-0.3, -0.25) is 4.79 Å². The summed E-state index contributed by atoms with van der Waals surface area (Å²) >= 11 is 0. The van der Waals surface area contributed by atoms with E-state index in [9.17, 15) is 9.59 Å². The van der Waals surface area contributed by atoms with Crippen LogP contribution in [0.5, 0.6) is 0 Å². The van der Waals surface area contributed by atoms with Crippen LogP contribution >= 0.6 is 0 Å². The first kappa shape index (κ1) is 30.7. The van der Waals surface area contributed by atoms with Crippen LogP contribution < -0.4 is 5.32 Å². The number of rotatable bonds is 8. The fourth-order valence-electron chi connectivity index (χ4n) is 5.21. The minimum Gasteiger partial charge on any atom is -0.426 e. The number of nitrogens with one attached hydrogen (secondary N) is 1. The maximum absolute atomic E-state index is 13.6. The molecule has 0 aromatic heterocycles. The van der Waals surface area contributed by atoms with Crippen LogP contribution in [0.4, 0.5) is 0 Å². The van der Waals surface area contributed by atoms with Crippen LogP contribution in [-0.2, 0) is 4.74 Å². The Balaban J connectivity index is 0.00000135. The maximum atomic E-state index is 13.6. The van der Waals surface area contributed by atoms with E-state index in [0.717, 1.165) is 50.1 Å². The quantitative estimate of drug-likeness (QED) is 0.0666. The molecule has 1 N–H and O–H groups in total. The molecule has 0 amide bonds. The molecule has 0 saturated heterocycles. The van der Waals surface area contributed by atoms with Crippen molar-refractivity contribution in [2.24, 2.45) is 0 Å². The molecule has 0 unspecified atom stereocenters. The summed E-state index contributed by atoms with van der Waals surface area (Å²) in [6.45, 7) is 9.71. The van der Waals surface area contributed by atoms with Crippen molar-refractivity contribution in [2.75, 3.05) is 7.05 Å². The van der Waals surface area contributed by atoms with Gasteiger partial charge >= 0.3 is 5.97 Å². The Labute approximate surface area is 254 Å². The average Bonchev–Trinajstić information content (AvgIpc) is 3.04. The van der Waals surface area contributed by atoms with E-state index < -0.39 is 5.97 Å². The van der Waals surface area contributed by atoms with E-state index in [2.05, 4.69) is 50.0 Å². The zero-order chi connectivity index (χ0) is 30.8. The summed E-state index contributed by atoms with van der Waals surface area (Å²) in [5, 5.41) is 7.02. The molecule has 0 fully saturated rings. The van der Waals surface area contributed by atoms with Crippen LogP contribution in [0.3, 0.4) is 0 Å². The number of hydrogen-bond acceptors (Lipinski definition) is 4. The number of likely N-dealkylation sites (N-methyl/N-ethyl adjacent to an activating group) is 1. The average molecular weight is 568 g/mol. The molecule has 0 saturated carbocycles. The number of allylic oxidation sites excluding steroid dienone is 4. The summed E-state index contributed by atoms with van der Waals surface area (Å²) in [7, 11) is 1.77. The first-order valence-corrected chi connectivity index (χ1v) is 14.5. The zero-order valence-corrected chi connectivity index (χ0v) is 25.2. The Bertz CT molecular complexity index is 1790. The number of fused-ring (bicyclic) bond motifs is 2. The van der Waals surface area contributed by atoms with Gasteiger partial charge in [-0.25, -0.2) is 4.79 Å². The van der Waals surface area contributed by atoms with Crippen molar-refractivity contribution in [3.05, 3.63) is 144 Å². The van der Waals surface area contributed by atoms with Crippen LogP contribution in [-0.4, -0.2) is 19.3 Å². The van der Waals surface area contributed by atoms with Crippen LogP contribution in [0.25, 0.3) is 43.8 Å². The number of carbonyl (C=O) groups is 2. The van der Waals surface area contributed by atoms with Crippen molar-refractivity contribution >= 4 is 33.8 Å². The summed E-state index contributed by atoms with van der Waals surface area (Å²) in [5.74, 6) is 0.00679. The Morgan fingerprint density at radius 1 is 0.767 bits per heavy atom. The Morgan fingerprint density at radius 2 is 1.23 bits per heavy atom. The molecule has 0 aliphatic carbocycles. The molecule has 0 bridgehead atoms. The van der Waals surface area contributed by atoms with Gasteiger partial charge in [-0.05, 0) is 62.9 Å². The highest BCUT2D eigenvalue weighted by Gasteiger charge is 2.22. The van der Waals surface area contributed by atoms with Gasteiger partial charge in [-0.2, -0.15) is 0 Å². The van der Waals surface area contributed by atoms with Crippen molar-refractivity contribution in [3.8, 4) is 22.3 Å².